The van der Waals surface area contributed by atoms with E-state index < -0.39 is 17.6 Å². The van der Waals surface area contributed by atoms with Gasteiger partial charge in [0.25, 0.3) is 0 Å². The number of aromatic nitrogens is 2. The summed E-state index contributed by atoms with van der Waals surface area (Å²) in [5.74, 6) is 0.560. The third-order valence-electron chi connectivity index (χ3n) is 3.49. The van der Waals surface area contributed by atoms with Crippen LogP contribution < -0.4 is 5.32 Å². The van der Waals surface area contributed by atoms with Gasteiger partial charge in [0.15, 0.2) is 0 Å². The first-order chi connectivity index (χ1) is 12.3. The summed E-state index contributed by atoms with van der Waals surface area (Å²) in [4.78, 5) is 12.1. The highest BCUT2D eigenvalue weighted by Gasteiger charge is 2.31. The molecule has 2 aromatic heterocycles. The summed E-state index contributed by atoms with van der Waals surface area (Å²) in [6, 6.07) is 8.11. The SMILES string of the molecule is Cc1ccc(/C=C/C(=O)Nc2cc(C(F)(F)F)ccc2-n2cccn2)o1. The minimum absolute atomic E-state index is 0.00574. The van der Waals surface area contributed by atoms with Crippen molar-refractivity contribution in [1.29, 1.82) is 0 Å². The van der Waals surface area contributed by atoms with Crippen molar-refractivity contribution < 1.29 is 22.4 Å². The van der Waals surface area contributed by atoms with Crippen molar-refractivity contribution in [3.05, 3.63) is 72.0 Å². The number of anilines is 1. The maximum Gasteiger partial charge on any atom is 0.416 e. The van der Waals surface area contributed by atoms with Crippen LogP contribution >= 0.6 is 0 Å². The molecular weight excluding hydrogens is 347 g/mol. The number of carbonyl (C=O) groups is 1. The highest BCUT2D eigenvalue weighted by atomic mass is 19.4. The number of hydrogen-bond donors (Lipinski definition) is 1. The second-order valence-electron chi connectivity index (χ2n) is 5.45. The van der Waals surface area contributed by atoms with Gasteiger partial charge < -0.3 is 9.73 Å². The summed E-state index contributed by atoms with van der Waals surface area (Å²) in [5.41, 5.74) is -0.554. The van der Waals surface area contributed by atoms with Crippen LogP contribution in [0.5, 0.6) is 0 Å². The molecule has 1 N–H and O–H groups in total. The van der Waals surface area contributed by atoms with Gasteiger partial charge in [-0.2, -0.15) is 18.3 Å². The minimum Gasteiger partial charge on any atom is -0.462 e. The van der Waals surface area contributed by atoms with E-state index >= 15 is 0 Å². The topological polar surface area (TPSA) is 60.1 Å². The van der Waals surface area contributed by atoms with Crippen LogP contribution in [0.4, 0.5) is 18.9 Å². The van der Waals surface area contributed by atoms with Crippen LogP contribution in [0.2, 0.25) is 0 Å². The number of alkyl halides is 3. The van der Waals surface area contributed by atoms with Gasteiger partial charge in [0.1, 0.15) is 11.5 Å². The van der Waals surface area contributed by atoms with E-state index in [1.807, 2.05) is 0 Å². The average Bonchev–Trinajstić information content (AvgIpc) is 3.24. The first-order valence-corrected chi connectivity index (χ1v) is 7.60. The molecule has 134 valence electrons. The van der Waals surface area contributed by atoms with Crippen LogP contribution in [0, 0.1) is 6.92 Å². The molecule has 1 aromatic carbocycles. The van der Waals surface area contributed by atoms with Crippen LogP contribution in [0.1, 0.15) is 17.1 Å². The Bertz CT molecular complexity index is 941. The van der Waals surface area contributed by atoms with Gasteiger partial charge >= 0.3 is 6.18 Å². The normalized spacial score (nSPS) is 11.8. The predicted octanol–water partition coefficient (Wildman–Crippen LogP) is 4.44. The smallest absolute Gasteiger partial charge is 0.416 e. The number of benzene rings is 1. The summed E-state index contributed by atoms with van der Waals surface area (Å²) in [6.45, 7) is 1.76. The number of hydrogen-bond acceptors (Lipinski definition) is 3. The lowest BCUT2D eigenvalue weighted by atomic mass is 10.1. The van der Waals surface area contributed by atoms with Gasteiger partial charge in [-0.15, -0.1) is 0 Å². The molecular formula is C18H14F3N3O2. The largest absolute Gasteiger partial charge is 0.462 e. The van der Waals surface area contributed by atoms with Crippen LogP contribution in [0.15, 0.2) is 59.3 Å². The number of rotatable bonds is 4. The Labute approximate surface area is 146 Å². The maximum absolute atomic E-state index is 13.0. The molecule has 0 bridgehead atoms. The number of amides is 1. The minimum atomic E-state index is -4.52. The lowest BCUT2D eigenvalue weighted by Crippen LogP contribution is -2.13. The van der Waals surface area contributed by atoms with Gasteiger partial charge in [-0.25, -0.2) is 4.68 Å². The Hall–Kier alpha value is -3.29. The summed E-state index contributed by atoms with van der Waals surface area (Å²) < 4.78 is 45.6. The Morgan fingerprint density at radius 2 is 2.08 bits per heavy atom. The van der Waals surface area contributed by atoms with Gasteiger partial charge in [0, 0.05) is 18.5 Å². The van der Waals surface area contributed by atoms with E-state index in [9.17, 15) is 18.0 Å². The summed E-state index contributed by atoms with van der Waals surface area (Å²) in [6.07, 6.45) is 1.15. The molecule has 3 aromatic rings. The van der Waals surface area contributed by atoms with Crippen molar-refractivity contribution in [2.45, 2.75) is 13.1 Å². The fraction of sp³-hybridized carbons (Fsp3) is 0.111. The van der Waals surface area contributed by atoms with E-state index in [0.29, 0.717) is 17.2 Å². The van der Waals surface area contributed by atoms with Gasteiger partial charge in [-0.3, -0.25) is 4.79 Å². The second-order valence-corrected chi connectivity index (χ2v) is 5.45. The number of furan rings is 1. The molecule has 0 unspecified atom stereocenters. The van der Waals surface area contributed by atoms with Gasteiger partial charge in [0.05, 0.1) is 16.9 Å². The molecule has 0 aliphatic carbocycles. The molecule has 0 radical (unpaired) electrons. The molecule has 0 saturated carbocycles. The molecule has 0 saturated heterocycles. The highest BCUT2D eigenvalue weighted by Crippen LogP contribution is 2.33. The summed E-state index contributed by atoms with van der Waals surface area (Å²) in [5, 5.41) is 6.45. The van der Waals surface area contributed by atoms with E-state index in [1.165, 1.54) is 29.1 Å². The van der Waals surface area contributed by atoms with Crippen molar-refractivity contribution in [3.63, 3.8) is 0 Å². The zero-order valence-electron chi connectivity index (χ0n) is 13.6. The number of halogens is 3. The van der Waals surface area contributed by atoms with Crippen LogP contribution in [0.25, 0.3) is 11.8 Å². The van der Waals surface area contributed by atoms with Gasteiger partial charge in [-0.05, 0) is 49.4 Å². The zero-order chi connectivity index (χ0) is 18.7. The van der Waals surface area contributed by atoms with Crippen LogP contribution in [-0.2, 0) is 11.0 Å². The number of nitrogens with zero attached hydrogens (tertiary/aromatic N) is 2. The van der Waals surface area contributed by atoms with E-state index in [-0.39, 0.29) is 5.69 Å². The fourth-order valence-corrected chi connectivity index (χ4v) is 2.30. The molecule has 26 heavy (non-hydrogen) atoms. The van der Waals surface area contributed by atoms with Gasteiger partial charge in [-0.1, -0.05) is 0 Å². The number of nitrogens with one attached hydrogen (secondary N) is 1. The first-order valence-electron chi connectivity index (χ1n) is 7.60. The monoisotopic (exact) mass is 361 g/mol. The molecule has 2 heterocycles. The van der Waals surface area contributed by atoms with Crippen molar-refractivity contribution in [2.24, 2.45) is 0 Å². The molecule has 3 rings (SSSR count). The summed E-state index contributed by atoms with van der Waals surface area (Å²) in [7, 11) is 0. The molecule has 0 aliphatic heterocycles. The van der Waals surface area contributed by atoms with E-state index in [0.717, 1.165) is 12.1 Å². The third kappa shape index (κ3) is 4.02. The standard InChI is InChI=1S/C18H14F3N3O2/c1-12-3-5-14(26-12)6-8-17(25)23-15-11-13(18(19,20)21)4-7-16(15)24-10-2-9-22-24/h2-11H,1H3,(H,23,25)/b8-6+. The van der Waals surface area contributed by atoms with E-state index in [2.05, 4.69) is 10.4 Å². The maximum atomic E-state index is 13.0. The van der Waals surface area contributed by atoms with E-state index in [4.69, 9.17) is 4.42 Å². The van der Waals surface area contributed by atoms with Crippen molar-refractivity contribution >= 4 is 17.7 Å². The molecule has 0 fully saturated rings. The average molecular weight is 361 g/mol. The molecule has 0 atom stereocenters. The van der Waals surface area contributed by atoms with Crippen molar-refractivity contribution in [1.82, 2.24) is 9.78 Å². The second kappa shape index (κ2) is 6.91. The van der Waals surface area contributed by atoms with Crippen LogP contribution in [-0.4, -0.2) is 15.7 Å². The third-order valence-corrected chi connectivity index (χ3v) is 3.49. The molecule has 0 aliphatic rings. The fourth-order valence-electron chi connectivity index (χ4n) is 2.30. The molecule has 0 spiro atoms. The molecule has 5 nitrogen and oxygen atoms in total. The molecule has 1 amide bonds. The lowest BCUT2D eigenvalue weighted by molar-refractivity contribution is -0.137. The zero-order valence-corrected chi connectivity index (χ0v) is 13.6. The van der Waals surface area contributed by atoms with Crippen molar-refractivity contribution in [2.75, 3.05) is 5.32 Å². The summed E-state index contributed by atoms with van der Waals surface area (Å²) >= 11 is 0. The quantitative estimate of drug-likeness (QED) is 0.699. The van der Waals surface area contributed by atoms with Gasteiger partial charge in [0.2, 0.25) is 5.91 Å². The predicted molar refractivity (Wildman–Crippen MR) is 89.7 cm³/mol. The Kier molecular flexibility index (Phi) is 4.66. The number of carbonyl (C=O) groups excluding carboxylic acids is 1. The number of aryl methyl sites for hydroxylation is 1. The Morgan fingerprint density at radius 3 is 2.69 bits per heavy atom. The Morgan fingerprint density at radius 1 is 1.27 bits per heavy atom. The van der Waals surface area contributed by atoms with Crippen LogP contribution in [0.3, 0.4) is 0 Å². The lowest BCUT2D eigenvalue weighted by Gasteiger charge is -2.14. The molecule has 8 heteroatoms. The van der Waals surface area contributed by atoms with E-state index in [1.54, 1.807) is 31.3 Å². The highest BCUT2D eigenvalue weighted by molar-refractivity contribution is 6.03. The first kappa shape index (κ1) is 17.5. The van der Waals surface area contributed by atoms with Crippen molar-refractivity contribution in [3.8, 4) is 5.69 Å². The Balaban J connectivity index is 1.88.